The second-order valence-corrected chi connectivity index (χ2v) is 9.73. The van der Waals surface area contributed by atoms with Gasteiger partial charge in [0.15, 0.2) is 0 Å². The summed E-state index contributed by atoms with van der Waals surface area (Å²) >= 11 is 2.28. The van der Waals surface area contributed by atoms with Crippen LogP contribution in [-0.2, 0) is 21.5 Å². The summed E-state index contributed by atoms with van der Waals surface area (Å²) < 4.78 is 12.6. The molecule has 1 atom stereocenters. The lowest BCUT2D eigenvalue weighted by atomic mass is 9.80. The van der Waals surface area contributed by atoms with Crippen molar-refractivity contribution in [2.45, 2.75) is 44.8 Å². The zero-order chi connectivity index (χ0) is 22.2. The third-order valence-electron chi connectivity index (χ3n) is 5.15. The zero-order valence-corrected chi connectivity index (χ0v) is 20.4. The molecule has 1 amide bonds. The number of rotatable bonds is 10. The summed E-state index contributed by atoms with van der Waals surface area (Å²) in [5.41, 5.74) is 1.13. The number of carbonyl (C=O) groups is 1. The molecule has 30 heavy (non-hydrogen) atoms. The van der Waals surface area contributed by atoms with Crippen LogP contribution in [0.1, 0.15) is 38.3 Å². The number of carbonyl (C=O) groups excluding carboxylic acids is 1. The van der Waals surface area contributed by atoms with Crippen LogP contribution in [0.25, 0.3) is 0 Å². The predicted octanol–water partition coefficient (Wildman–Crippen LogP) is 5.00. The maximum Gasteiger partial charge on any atom is 0.409 e. The molecule has 0 spiro atoms. The monoisotopic (exact) mass is 525 g/mol. The number of aliphatic hydroxyl groups is 1. The fraction of sp³-hybridized carbons (Fsp3) is 0.458. The van der Waals surface area contributed by atoms with E-state index < -0.39 is 5.60 Å². The second kappa shape index (κ2) is 11.1. The smallest absolute Gasteiger partial charge is 0.409 e. The standard InChI is InChI=1S/C24H32INO4/c1-23(2,17-26(4)22(28)29-16-19-9-6-5-7-10-19)30-14-13-24(3,18-27)20-11-8-12-21(25)15-20/h5-12,15,27H,13-14,16-18H2,1-4H3. The molecule has 1 unspecified atom stereocenters. The Kier molecular flexibility index (Phi) is 9.12. The first-order valence-corrected chi connectivity index (χ1v) is 11.2. The fourth-order valence-electron chi connectivity index (χ4n) is 3.24. The topological polar surface area (TPSA) is 59.0 Å². The highest BCUT2D eigenvalue weighted by atomic mass is 127. The van der Waals surface area contributed by atoms with Crippen LogP contribution in [0.15, 0.2) is 54.6 Å². The van der Waals surface area contributed by atoms with E-state index in [4.69, 9.17) is 9.47 Å². The number of halogens is 1. The molecule has 0 fully saturated rings. The van der Waals surface area contributed by atoms with E-state index in [1.165, 1.54) is 4.90 Å². The summed E-state index contributed by atoms with van der Waals surface area (Å²) in [4.78, 5) is 13.8. The molecule has 0 aliphatic carbocycles. The first-order chi connectivity index (χ1) is 14.1. The molecule has 2 aromatic rings. The van der Waals surface area contributed by atoms with Crippen LogP contribution in [0.3, 0.4) is 0 Å². The molecule has 0 bridgehead atoms. The van der Waals surface area contributed by atoms with Crippen LogP contribution in [0.5, 0.6) is 0 Å². The lowest BCUT2D eigenvalue weighted by molar-refractivity contribution is -0.0439. The van der Waals surface area contributed by atoms with Crippen molar-refractivity contribution in [2.24, 2.45) is 0 Å². The molecule has 2 aromatic carbocycles. The maximum absolute atomic E-state index is 12.3. The Morgan fingerprint density at radius 3 is 2.43 bits per heavy atom. The number of benzene rings is 2. The number of hydrogen-bond acceptors (Lipinski definition) is 4. The summed E-state index contributed by atoms with van der Waals surface area (Å²) in [7, 11) is 1.71. The van der Waals surface area contributed by atoms with E-state index in [2.05, 4.69) is 28.7 Å². The van der Waals surface area contributed by atoms with Crippen molar-refractivity contribution in [1.29, 1.82) is 0 Å². The van der Waals surface area contributed by atoms with Gasteiger partial charge in [0, 0.05) is 22.6 Å². The van der Waals surface area contributed by atoms with Crippen molar-refractivity contribution in [2.75, 3.05) is 26.8 Å². The van der Waals surface area contributed by atoms with E-state index in [-0.39, 0.29) is 24.7 Å². The predicted molar refractivity (Wildman–Crippen MR) is 128 cm³/mol. The number of hydrogen-bond donors (Lipinski definition) is 1. The summed E-state index contributed by atoms with van der Waals surface area (Å²) in [5.74, 6) is 0. The van der Waals surface area contributed by atoms with E-state index >= 15 is 0 Å². The number of ether oxygens (including phenoxy) is 2. The molecule has 0 saturated carbocycles. The Morgan fingerprint density at radius 1 is 1.10 bits per heavy atom. The third kappa shape index (κ3) is 7.56. The van der Waals surface area contributed by atoms with Crippen LogP contribution in [0.2, 0.25) is 0 Å². The number of nitrogens with zero attached hydrogens (tertiary/aromatic N) is 1. The van der Waals surface area contributed by atoms with Gasteiger partial charge in [0.05, 0.1) is 18.8 Å². The Hall–Kier alpha value is -1.64. The third-order valence-corrected chi connectivity index (χ3v) is 5.82. The molecule has 6 heteroatoms. The first kappa shape index (κ1) is 24.6. The molecule has 0 radical (unpaired) electrons. The van der Waals surface area contributed by atoms with Crippen LogP contribution in [-0.4, -0.2) is 48.5 Å². The highest BCUT2D eigenvalue weighted by molar-refractivity contribution is 14.1. The van der Waals surface area contributed by atoms with Crippen LogP contribution in [0, 0.1) is 3.57 Å². The molecular weight excluding hydrogens is 493 g/mol. The Labute approximate surface area is 193 Å². The van der Waals surface area contributed by atoms with Gasteiger partial charge in [-0.2, -0.15) is 0 Å². The Bertz CT molecular complexity index is 812. The van der Waals surface area contributed by atoms with Gasteiger partial charge in [-0.05, 0) is 66.1 Å². The van der Waals surface area contributed by atoms with Crippen molar-refractivity contribution in [1.82, 2.24) is 4.90 Å². The van der Waals surface area contributed by atoms with Gasteiger partial charge in [0.2, 0.25) is 0 Å². The summed E-state index contributed by atoms with van der Waals surface area (Å²) in [5, 5.41) is 10.0. The molecule has 5 nitrogen and oxygen atoms in total. The van der Waals surface area contributed by atoms with E-state index in [1.54, 1.807) is 7.05 Å². The quantitative estimate of drug-likeness (QED) is 0.444. The molecule has 0 aromatic heterocycles. The van der Waals surface area contributed by atoms with Crippen molar-refractivity contribution in [3.63, 3.8) is 0 Å². The maximum atomic E-state index is 12.3. The summed E-state index contributed by atoms with van der Waals surface area (Å²) in [6.07, 6.45) is 0.296. The van der Waals surface area contributed by atoms with E-state index in [0.29, 0.717) is 19.6 Å². The van der Waals surface area contributed by atoms with Gasteiger partial charge in [-0.15, -0.1) is 0 Å². The molecule has 0 aliphatic rings. The van der Waals surface area contributed by atoms with Crippen LogP contribution >= 0.6 is 22.6 Å². The normalized spacial score (nSPS) is 13.5. The van der Waals surface area contributed by atoms with Crippen molar-refractivity contribution in [3.05, 3.63) is 69.3 Å². The molecule has 2 rings (SSSR count). The Balaban J connectivity index is 1.84. The lowest BCUT2D eigenvalue weighted by Gasteiger charge is -2.33. The van der Waals surface area contributed by atoms with Crippen molar-refractivity contribution >= 4 is 28.7 Å². The van der Waals surface area contributed by atoms with E-state index in [9.17, 15) is 9.90 Å². The minimum atomic E-state index is -0.540. The molecular formula is C24H32INO4. The minimum absolute atomic E-state index is 0.0442. The summed E-state index contributed by atoms with van der Waals surface area (Å²) in [6, 6.07) is 17.8. The fourth-order valence-corrected chi connectivity index (χ4v) is 3.79. The van der Waals surface area contributed by atoms with Crippen molar-refractivity contribution < 1.29 is 19.4 Å². The van der Waals surface area contributed by atoms with Gasteiger partial charge in [-0.1, -0.05) is 49.4 Å². The number of likely N-dealkylation sites (N-methyl/N-ethyl adjacent to an activating group) is 1. The summed E-state index contributed by atoms with van der Waals surface area (Å²) in [6.45, 7) is 7.12. The molecule has 0 aliphatic heterocycles. The van der Waals surface area contributed by atoms with Gasteiger partial charge >= 0.3 is 6.09 Å². The average molecular weight is 525 g/mol. The second-order valence-electron chi connectivity index (χ2n) is 8.48. The highest BCUT2D eigenvalue weighted by Gasteiger charge is 2.29. The highest BCUT2D eigenvalue weighted by Crippen LogP contribution is 2.29. The number of amides is 1. The van der Waals surface area contributed by atoms with E-state index in [0.717, 1.165) is 14.7 Å². The van der Waals surface area contributed by atoms with Gasteiger partial charge < -0.3 is 19.5 Å². The van der Waals surface area contributed by atoms with Crippen LogP contribution in [0.4, 0.5) is 4.79 Å². The van der Waals surface area contributed by atoms with Gasteiger partial charge in [0.25, 0.3) is 0 Å². The van der Waals surface area contributed by atoms with Crippen LogP contribution < -0.4 is 0 Å². The largest absolute Gasteiger partial charge is 0.445 e. The number of aliphatic hydroxyl groups excluding tert-OH is 1. The molecule has 0 heterocycles. The van der Waals surface area contributed by atoms with Gasteiger partial charge in [-0.25, -0.2) is 4.79 Å². The SMILES string of the molecule is CN(CC(C)(C)OCCC(C)(CO)c1cccc(I)c1)C(=O)OCc1ccccc1. The van der Waals surface area contributed by atoms with E-state index in [1.807, 2.05) is 69.3 Å². The van der Waals surface area contributed by atoms with Crippen molar-refractivity contribution in [3.8, 4) is 0 Å². The zero-order valence-electron chi connectivity index (χ0n) is 18.2. The molecule has 164 valence electrons. The minimum Gasteiger partial charge on any atom is -0.445 e. The van der Waals surface area contributed by atoms with Gasteiger partial charge in [0.1, 0.15) is 6.61 Å². The van der Waals surface area contributed by atoms with Gasteiger partial charge in [-0.3, -0.25) is 0 Å². The first-order valence-electron chi connectivity index (χ1n) is 10.1. The lowest BCUT2D eigenvalue weighted by Crippen LogP contribution is -2.42. The molecule has 0 saturated heterocycles. The molecule has 1 N–H and O–H groups in total. The average Bonchev–Trinajstić information content (AvgIpc) is 2.72. The Morgan fingerprint density at radius 2 is 1.80 bits per heavy atom.